The van der Waals surface area contributed by atoms with Crippen molar-refractivity contribution in [1.82, 2.24) is 15.8 Å². The van der Waals surface area contributed by atoms with E-state index in [-0.39, 0.29) is 18.9 Å². The Hall–Kier alpha value is -2.50. The van der Waals surface area contributed by atoms with Crippen molar-refractivity contribution >= 4 is 22.9 Å². The van der Waals surface area contributed by atoms with Crippen molar-refractivity contribution in [3.63, 3.8) is 0 Å². The SMILES string of the molecule is CCOC(=O)NNC(=O)CCc1c[nH]c2ccccc12. The number of benzene rings is 1. The van der Waals surface area contributed by atoms with Gasteiger partial charge in [0.15, 0.2) is 0 Å². The van der Waals surface area contributed by atoms with E-state index in [4.69, 9.17) is 0 Å². The smallest absolute Gasteiger partial charge is 0.426 e. The van der Waals surface area contributed by atoms with E-state index in [1.165, 1.54) is 0 Å². The van der Waals surface area contributed by atoms with Gasteiger partial charge in [0.1, 0.15) is 0 Å². The van der Waals surface area contributed by atoms with Crippen LogP contribution in [-0.4, -0.2) is 23.6 Å². The van der Waals surface area contributed by atoms with Crippen LogP contribution in [-0.2, 0) is 16.0 Å². The minimum atomic E-state index is -0.659. The zero-order chi connectivity index (χ0) is 14.4. The maximum absolute atomic E-state index is 11.6. The molecule has 0 bridgehead atoms. The van der Waals surface area contributed by atoms with Crippen LogP contribution in [0.4, 0.5) is 4.79 Å². The minimum Gasteiger partial charge on any atom is -0.449 e. The fraction of sp³-hybridized carbons (Fsp3) is 0.286. The first kappa shape index (κ1) is 13.9. The van der Waals surface area contributed by atoms with E-state index >= 15 is 0 Å². The van der Waals surface area contributed by atoms with E-state index in [2.05, 4.69) is 20.6 Å². The largest absolute Gasteiger partial charge is 0.449 e. The molecule has 106 valence electrons. The van der Waals surface area contributed by atoms with Crippen molar-refractivity contribution < 1.29 is 14.3 Å². The second kappa shape index (κ2) is 6.60. The van der Waals surface area contributed by atoms with Gasteiger partial charge in [0, 0.05) is 23.5 Å². The highest BCUT2D eigenvalue weighted by Crippen LogP contribution is 2.18. The molecule has 0 atom stereocenters. The molecule has 0 aliphatic heterocycles. The van der Waals surface area contributed by atoms with E-state index in [1.54, 1.807) is 6.92 Å². The van der Waals surface area contributed by atoms with E-state index in [0.29, 0.717) is 6.42 Å². The second-order valence-electron chi connectivity index (χ2n) is 4.25. The number of hydrogen-bond donors (Lipinski definition) is 3. The van der Waals surface area contributed by atoms with Gasteiger partial charge < -0.3 is 9.72 Å². The first-order chi connectivity index (χ1) is 9.70. The summed E-state index contributed by atoms with van der Waals surface area (Å²) < 4.78 is 4.63. The highest BCUT2D eigenvalue weighted by molar-refractivity contribution is 5.84. The topological polar surface area (TPSA) is 83.2 Å². The summed E-state index contributed by atoms with van der Waals surface area (Å²) in [4.78, 5) is 25.8. The number of hydrazine groups is 1. The molecule has 6 heteroatoms. The summed E-state index contributed by atoms with van der Waals surface area (Å²) in [6.45, 7) is 1.95. The molecule has 0 saturated heterocycles. The number of nitrogens with one attached hydrogen (secondary N) is 3. The van der Waals surface area contributed by atoms with Crippen molar-refractivity contribution in [3.05, 3.63) is 36.0 Å². The van der Waals surface area contributed by atoms with Gasteiger partial charge in [-0.3, -0.25) is 10.2 Å². The number of amides is 2. The molecular formula is C14H17N3O3. The molecule has 1 aromatic heterocycles. The molecule has 2 amide bonds. The summed E-state index contributed by atoms with van der Waals surface area (Å²) in [5.41, 5.74) is 6.61. The average molecular weight is 275 g/mol. The monoisotopic (exact) mass is 275 g/mol. The van der Waals surface area contributed by atoms with Crippen LogP contribution in [0.2, 0.25) is 0 Å². The van der Waals surface area contributed by atoms with Gasteiger partial charge in [-0.1, -0.05) is 18.2 Å². The van der Waals surface area contributed by atoms with Crippen LogP contribution in [0.3, 0.4) is 0 Å². The Morgan fingerprint density at radius 3 is 2.85 bits per heavy atom. The second-order valence-corrected chi connectivity index (χ2v) is 4.25. The summed E-state index contributed by atoms with van der Waals surface area (Å²) in [6.07, 6.45) is 2.12. The normalized spacial score (nSPS) is 10.2. The predicted octanol–water partition coefficient (Wildman–Crippen LogP) is 1.88. The molecule has 3 N–H and O–H groups in total. The molecule has 1 heterocycles. The number of aromatic amines is 1. The van der Waals surface area contributed by atoms with Crippen LogP contribution in [0.25, 0.3) is 10.9 Å². The number of carbonyl (C=O) groups is 2. The van der Waals surface area contributed by atoms with Gasteiger partial charge in [-0.2, -0.15) is 0 Å². The molecule has 0 radical (unpaired) electrons. The first-order valence-corrected chi connectivity index (χ1v) is 6.47. The maximum Gasteiger partial charge on any atom is 0.426 e. The number of H-pyrrole nitrogens is 1. The minimum absolute atomic E-state index is 0.261. The summed E-state index contributed by atoms with van der Waals surface area (Å²) >= 11 is 0. The molecule has 2 aromatic rings. The van der Waals surface area contributed by atoms with Gasteiger partial charge in [-0.25, -0.2) is 10.2 Å². The lowest BCUT2D eigenvalue weighted by atomic mass is 10.1. The lowest BCUT2D eigenvalue weighted by molar-refractivity contribution is -0.121. The number of rotatable bonds is 4. The number of para-hydroxylation sites is 1. The van der Waals surface area contributed by atoms with Crippen molar-refractivity contribution in [3.8, 4) is 0 Å². The van der Waals surface area contributed by atoms with Gasteiger partial charge in [0.2, 0.25) is 5.91 Å². The van der Waals surface area contributed by atoms with Crippen LogP contribution in [0, 0.1) is 0 Å². The molecule has 2 rings (SSSR count). The maximum atomic E-state index is 11.6. The fourth-order valence-corrected chi connectivity index (χ4v) is 1.94. The molecule has 6 nitrogen and oxygen atoms in total. The zero-order valence-corrected chi connectivity index (χ0v) is 11.2. The third-order valence-corrected chi connectivity index (χ3v) is 2.88. The third-order valence-electron chi connectivity index (χ3n) is 2.88. The van der Waals surface area contributed by atoms with E-state index in [0.717, 1.165) is 16.5 Å². The zero-order valence-electron chi connectivity index (χ0n) is 11.2. The van der Waals surface area contributed by atoms with Crippen molar-refractivity contribution in [2.45, 2.75) is 19.8 Å². The highest BCUT2D eigenvalue weighted by Gasteiger charge is 2.07. The van der Waals surface area contributed by atoms with E-state index in [1.807, 2.05) is 30.5 Å². The number of fused-ring (bicyclic) bond motifs is 1. The van der Waals surface area contributed by atoms with Crippen LogP contribution in [0.1, 0.15) is 18.9 Å². The van der Waals surface area contributed by atoms with E-state index < -0.39 is 6.09 Å². The lowest BCUT2D eigenvalue weighted by Gasteiger charge is -2.06. The van der Waals surface area contributed by atoms with Gasteiger partial charge in [0.25, 0.3) is 0 Å². The number of carbonyl (C=O) groups excluding carboxylic acids is 2. The van der Waals surface area contributed by atoms with Gasteiger partial charge in [-0.05, 0) is 25.0 Å². The van der Waals surface area contributed by atoms with Crippen LogP contribution in [0.5, 0.6) is 0 Å². The molecule has 0 aliphatic carbocycles. The molecule has 0 unspecified atom stereocenters. The predicted molar refractivity (Wildman–Crippen MR) is 74.9 cm³/mol. The number of hydrogen-bond acceptors (Lipinski definition) is 3. The molecule has 0 aliphatic rings. The third kappa shape index (κ3) is 3.50. The van der Waals surface area contributed by atoms with Crippen molar-refractivity contribution in [1.29, 1.82) is 0 Å². The van der Waals surface area contributed by atoms with Crippen LogP contribution >= 0.6 is 0 Å². The first-order valence-electron chi connectivity index (χ1n) is 6.47. The Morgan fingerprint density at radius 1 is 1.25 bits per heavy atom. The average Bonchev–Trinajstić information content (AvgIpc) is 2.86. The van der Waals surface area contributed by atoms with Gasteiger partial charge in [0.05, 0.1) is 6.61 Å². The standard InChI is InChI=1S/C14H17N3O3/c1-2-20-14(19)17-16-13(18)8-7-10-9-15-12-6-4-3-5-11(10)12/h3-6,9,15H,2,7-8H2,1H3,(H,16,18)(H,17,19). The van der Waals surface area contributed by atoms with Crippen molar-refractivity contribution in [2.75, 3.05) is 6.61 Å². The number of aryl methyl sites for hydroxylation is 1. The molecule has 0 spiro atoms. The van der Waals surface area contributed by atoms with Gasteiger partial charge in [-0.15, -0.1) is 0 Å². The molecule has 0 fully saturated rings. The molecule has 0 saturated carbocycles. The Morgan fingerprint density at radius 2 is 2.05 bits per heavy atom. The number of ether oxygens (including phenoxy) is 1. The fourth-order valence-electron chi connectivity index (χ4n) is 1.94. The Kier molecular flexibility index (Phi) is 4.60. The van der Waals surface area contributed by atoms with Crippen LogP contribution in [0.15, 0.2) is 30.5 Å². The molecular weight excluding hydrogens is 258 g/mol. The summed E-state index contributed by atoms with van der Waals surface area (Å²) in [5.74, 6) is -0.261. The Labute approximate surface area is 116 Å². The Balaban J connectivity index is 1.83. The molecule has 1 aromatic carbocycles. The van der Waals surface area contributed by atoms with Crippen LogP contribution < -0.4 is 10.9 Å². The van der Waals surface area contributed by atoms with Gasteiger partial charge >= 0.3 is 6.09 Å². The Bertz CT molecular complexity index is 606. The highest BCUT2D eigenvalue weighted by atomic mass is 16.5. The molecule has 20 heavy (non-hydrogen) atoms. The summed E-state index contributed by atoms with van der Waals surface area (Å²) in [7, 11) is 0. The summed E-state index contributed by atoms with van der Waals surface area (Å²) in [5, 5.41) is 1.11. The van der Waals surface area contributed by atoms with Crippen molar-refractivity contribution in [2.24, 2.45) is 0 Å². The lowest BCUT2D eigenvalue weighted by Crippen LogP contribution is -2.42. The summed E-state index contributed by atoms with van der Waals surface area (Å²) in [6, 6.07) is 7.91. The number of aromatic nitrogens is 1. The quantitative estimate of drug-likeness (QED) is 0.745. The van der Waals surface area contributed by atoms with E-state index in [9.17, 15) is 9.59 Å².